The zero-order valence-corrected chi connectivity index (χ0v) is 14.4. The molecule has 0 radical (unpaired) electrons. The standard InChI is InChI=1S/C18H26N4O/c1-5-14-6-8-15(9-7-14)18(2,3)13-21-17(19-4)20-12-16-10-11-23-22-16/h6-11H,5,12-13H2,1-4H3,(H2,19,20,21). The van der Waals surface area contributed by atoms with Crippen molar-refractivity contribution in [3.05, 3.63) is 53.4 Å². The highest BCUT2D eigenvalue weighted by Gasteiger charge is 2.20. The van der Waals surface area contributed by atoms with Crippen molar-refractivity contribution < 1.29 is 4.52 Å². The third kappa shape index (κ3) is 4.84. The SMILES string of the molecule is CCc1ccc(C(C)(C)CNC(=NC)NCc2ccon2)cc1. The first-order valence-corrected chi connectivity index (χ1v) is 7.98. The molecule has 5 heteroatoms. The van der Waals surface area contributed by atoms with Crippen molar-refractivity contribution in [3.8, 4) is 0 Å². The molecule has 0 unspecified atom stereocenters. The quantitative estimate of drug-likeness (QED) is 0.636. The summed E-state index contributed by atoms with van der Waals surface area (Å²) >= 11 is 0. The molecule has 2 rings (SSSR count). The largest absolute Gasteiger partial charge is 0.364 e. The number of nitrogens with zero attached hydrogens (tertiary/aromatic N) is 2. The van der Waals surface area contributed by atoms with Crippen LogP contribution in [0.15, 0.2) is 46.1 Å². The van der Waals surface area contributed by atoms with Crippen LogP contribution in [0, 0.1) is 0 Å². The maximum absolute atomic E-state index is 4.82. The minimum absolute atomic E-state index is 0.0117. The lowest BCUT2D eigenvalue weighted by Gasteiger charge is -2.27. The summed E-state index contributed by atoms with van der Waals surface area (Å²) in [6, 6.07) is 10.7. The molecule has 0 bridgehead atoms. The summed E-state index contributed by atoms with van der Waals surface area (Å²) in [5.74, 6) is 0.756. The highest BCUT2D eigenvalue weighted by atomic mass is 16.5. The van der Waals surface area contributed by atoms with Crippen LogP contribution in [0.2, 0.25) is 0 Å². The number of aromatic nitrogens is 1. The van der Waals surface area contributed by atoms with E-state index < -0.39 is 0 Å². The Hall–Kier alpha value is -2.30. The fourth-order valence-electron chi connectivity index (χ4n) is 2.32. The van der Waals surface area contributed by atoms with E-state index in [-0.39, 0.29) is 5.41 Å². The van der Waals surface area contributed by atoms with Gasteiger partial charge in [0.25, 0.3) is 0 Å². The Morgan fingerprint density at radius 1 is 1.17 bits per heavy atom. The minimum atomic E-state index is 0.0117. The van der Waals surface area contributed by atoms with Crippen LogP contribution in [0.5, 0.6) is 0 Å². The van der Waals surface area contributed by atoms with E-state index >= 15 is 0 Å². The summed E-state index contributed by atoms with van der Waals surface area (Å²) in [7, 11) is 1.77. The second-order valence-corrected chi connectivity index (χ2v) is 6.20. The summed E-state index contributed by atoms with van der Waals surface area (Å²) in [5.41, 5.74) is 3.54. The lowest BCUT2D eigenvalue weighted by atomic mass is 9.84. The predicted octanol–water partition coefficient (Wildman–Crippen LogP) is 2.88. The number of aliphatic imine (C=N–C) groups is 1. The van der Waals surface area contributed by atoms with Gasteiger partial charge < -0.3 is 15.2 Å². The first kappa shape index (κ1) is 17.1. The maximum Gasteiger partial charge on any atom is 0.191 e. The first-order chi connectivity index (χ1) is 11.0. The molecule has 1 heterocycles. The fraction of sp³-hybridized carbons (Fsp3) is 0.444. The third-order valence-corrected chi connectivity index (χ3v) is 3.99. The average molecular weight is 314 g/mol. The Bertz CT molecular complexity index is 615. The van der Waals surface area contributed by atoms with Crippen LogP contribution in [0.1, 0.15) is 37.6 Å². The average Bonchev–Trinajstić information content (AvgIpc) is 3.08. The minimum Gasteiger partial charge on any atom is -0.364 e. The van der Waals surface area contributed by atoms with Gasteiger partial charge in [-0.25, -0.2) is 0 Å². The Balaban J connectivity index is 1.90. The van der Waals surface area contributed by atoms with Gasteiger partial charge >= 0.3 is 0 Å². The van der Waals surface area contributed by atoms with E-state index in [9.17, 15) is 0 Å². The first-order valence-electron chi connectivity index (χ1n) is 7.98. The summed E-state index contributed by atoms with van der Waals surface area (Å²) in [5, 5.41) is 10.5. The smallest absolute Gasteiger partial charge is 0.191 e. The van der Waals surface area contributed by atoms with E-state index in [1.807, 2.05) is 6.07 Å². The normalized spacial score (nSPS) is 12.3. The molecular formula is C18H26N4O. The van der Waals surface area contributed by atoms with Crippen LogP contribution in [0.3, 0.4) is 0 Å². The van der Waals surface area contributed by atoms with Gasteiger partial charge in [0.1, 0.15) is 12.0 Å². The molecule has 0 saturated heterocycles. The van der Waals surface area contributed by atoms with E-state index in [1.54, 1.807) is 13.3 Å². The molecule has 124 valence electrons. The molecule has 23 heavy (non-hydrogen) atoms. The second-order valence-electron chi connectivity index (χ2n) is 6.20. The summed E-state index contributed by atoms with van der Waals surface area (Å²) in [6.45, 7) is 8.00. The van der Waals surface area contributed by atoms with Crippen molar-refractivity contribution in [2.24, 2.45) is 4.99 Å². The molecule has 1 aromatic carbocycles. The van der Waals surface area contributed by atoms with Crippen molar-refractivity contribution in [2.75, 3.05) is 13.6 Å². The van der Waals surface area contributed by atoms with Gasteiger partial charge in [-0.05, 0) is 17.5 Å². The molecule has 0 aliphatic rings. The molecule has 2 N–H and O–H groups in total. The van der Waals surface area contributed by atoms with Gasteiger partial charge in [-0.2, -0.15) is 0 Å². The van der Waals surface area contributed by atoms with Crippen LogP contribution >= 0.6 is 0 Å². The summed E-state index contributed by atoms with van der Waals surface area (Å²) < 4.78 is 4.82. The molecular weight excluding hydrogens is 288 g/mol. The summed E-state index contributed by atoms with van der Waals surface area (Å²) in [6.07, 6.45) is 2.63. The van der Waals surface area contributed by atoms with E-state index in [1.165, 1.54) is 11.1 Å². The van der Waals surface area contributed by atoms with Crippen molar-refractivity contribution in [2.45, 2.75) is 39.2 Å². The number of benzene rings is 1. The van der Waals surface area contributed by atoms with E-state index in [0.29, 0.717) is 6.54 Å². The van der Waals surface area contributed by atoms with Crippen molar-refractivity contribution in [1.82, 2.24) is 15.8 Å². The van der Waals surface area contributed by atoms with Crippen molar-refractivity contribution in [3.63, 3.8) is 0 Å². The second kappa shape index (κ2) is 7.81. The Kier molecular flexibility index (Phi) is 5.79. The van der Waals surface area contributed by atoms with Crippen LogP contribution < -0.4 is 10.6 Å². The molecule has 0 fully saturated rings. The van der Waals surface area contributed by atoms with Gasteiger partial charge in [0.15, 0.2) is 5.96 Å². The van der Waals surface area contributed by atoms with Gasteiger partial charge in [-0.15, -0.1) is 0 Å². The van der Waals surface area contributed by atoms with Crippen LogP contribution in [0.4, 0.5) is 0 Å². The lowest BCUT2D eigenvalue weighted by Crippen LogP contribution is -2.43. The number of hydrogen-bond donors (Lipinski definition) is 2. The molecule has 1 aromatic heterocycles. The molecule has 0 saturated carbocycles. The van der Waals surface area contributed by atoms with Gasteiger partial charge in [0.2, 0.25) is 0 Å². The highest BCUT2D eigenvalue weighted by molar-refractivity contribution is 5.79. The molecule has 0 atom stereocenters. The topological polar surface area (TPSA) is 62.5 Å². The molecule has 0 spiro atoms. The molecule has 2 aromatic rings. The van der Waals surface area contributed by atoms with Crippen molar-refractivity contribution >= 4 is 5.96 Å². The number of rotatable bonds is 6. The Morgan fingerprint density at radius 3 is 2.48 bits per heavy atom. The Labute approximate surface area is 138 Å². The molecule has 0 aliphatic carbocycles. The number of guanidine groups is 1. The van der Waals surface area contributed by atoms with Crippen LogP contribution in [-0.4, -0.2) is 24.7 Å². The maximum atomic E-state index is 4.82. The molecule has 0 amide bonds. The fourth-order valence-corrected chi connectivity index (χ4v) is 2.32. The zero-order valence-electron chi connectivity index (χ0n) is 14.4. The third-order valence-electron chi connectivity index (χ3n) is 3.99. The van der Waals surface area contributed by atoms with Crippen molar-refractivity contribution in [1.29, 1.82) is 0 Å². The summed E-state index contributed by atoms with van der Waals surface area (Å²) in [4.78, 5) is 4.25. The van der Waals surface area contributed by atoms with E-state index in [2.05, 4.69) is 65.8 Å². The zero-order chi connectivity index (χ0) is 16.7. The number of hydrogen-bond acceptors (Lipinski definition) is 3. The monoisotopic (exact) mass is 314 g/mol. The van der Waals surface area contributed by atoms with Gasteiger partial charge in [0.05, 0.1) is 6.54 Å². The van der Waals surface area contributed by atoms with Crippen LogP contribution in [0.25, 0.3) is 0 Å². The number of nitrogens with one attached hydrogen (secondary N) is 2. The van der Waals surface area contributed by atoms with Gasteiger partial charge in [0, 0.05) is 25.1 Å². The number of aryl methyl sites for hydroxylation is 1. The van der Waals surface area contributed by atoms with Crippen LogP contribution in [-0.2, 0) is 18.4 Å². The molecule has 5 nitrogen and oxygen atoms in total. The Morgan fingerprint density at radius 2 is 1.91 bits per heavy atom. The van der Waals surface area contributed by atoms with E-state index in [0.717, 1.165) is 24.6 Å². The predicted molar refractivity (Wildman–Crippen MR) is 93.6 cm³/mol. The highest BCUT2D eigenvalue weighted by Crippen LogP contribution is 2.22. The van der Waals surface area contributed by atoms with Gasteiger partial charge in [-0.1, -0.05) is 50.2 Å². The van der Waals surface area contributed by atoms with Gasteiger partial charge in [-0.3, -0.25) is 4.99 Å². The molecule has 0 aliphatic heterocycles. The lowest BCUT2D eigenvalue weighted by molar-refractivity contribution is 0.410. The van der Waals surface area contributed by atoms with E-state index in [4.69, 9.17) is 4.52 Å².